The molecule has 0 radical (unpaired) electrons. The van der Waals surface area contributed by atoms with E-state index < -0.39 is 6.04 Å². The molecule has 3 rings (SSSR count). The van der Waals surface area contributed by atoms with Crippen molar-refractivity contribution in [2.45, 2.75) is 46.1 Å². The summed E-state index contributed by atoms with van der Waals surface area (Å²) >= 11 is 0. The Kier molecular flexibility index (Phi) is 5.11. The zero-order valence-corrected chi connectivity index (χ0v) is 14.8. The summed E-state index contributed by atoms with van der Waals surface area (Å²) < 4.78 is 7.13. The number of benzene rings is 1. The van der Waals surface area contributed by atoms with Gasteiger partial charge in [-0.3, -0.25) is 0 Å². The van der Waals surface area contributed by atoms with Crippen molar-refractivity contribution < 1.29 is 9.53 Å². The van der Waals surface area contributed by atoms with Crippen LogP contribution in [0.4, 0.5) is 5.95 Å². The minimum atomic E-state index is -0.398. The highest BCUT2D eigenvalue weighted by Gasteiger charge is 2.34. The van der Waals surface area contributed by atoms with Gasteiger partial charge in [0, 0.05) is 5.70 Å². The highest BCUT2D eigenvalue weighted by atomic mass is 16.5. The maximum atomic E-state index is 12.8. The van der Waals surface area contributed by atoms with E-state index in [1.807, 2.05) is 38.1 Å². The number of esters is 1. The second-order valence-corrected chi connectivity index (χ2v) is 6.27. The van der Waals surface area contributed by atoms with Crippen molar-refractivity contribution in [3.8, 4) is 0 Å². The molecule has 0 saturated carbocycles. The van der Waals surface area contributed by atoms with Gasteiger partial charge >= 0.3 is 5.97 Å². The lowest BCUT2D eigenvalue weighted by molar-refractivity contribution is -0.139. The second kappa shape index (κ2) is 7.46. The van der Waals surface area contributed by atoms with Gasteiger partial charge in [0.1, 0.15) is 6.04 Å². The number of hydrogen-bond acceptors (Lipinski definition) is 6. The lowest BCUT2D eigenvalue weighted by atomic mass is 9.95. The van der Waals surface area contributed by atoms with Crippen molar-refractivity contribution in [1.82, 2.24) is 20.2 Å². The van der Waals surface area contributed by atoms with Crippen molar-refractivity contribution in [1.29, 1.82) is 0 Å². The predicted molar refractivity (Wildman–Crippen MR) is 93.9 cm³/mol. The largest absolute Gasteiger partial charge is 0.462 e. The molecule has 1 N–H and O–H groups in total. The minimum Gasteiger partial charge on any atom is -0.462 e. The number of aromatic nitrogens is 4. The molecule has 0 aliphatic carbocycles. The van der Waals surface area contributed by atoms with Gasteiger partial charge in [0.05, 0.1) is 12.2 Å². The summed E-state index contributed by atoms with van der Waals surface area (Å²) in [5.41, 5.74) is 3.35. The van der Waals surface area contributed by atoms with Gasteiger partial charge in [-0.2, -0.15) is 4.68 Å². The van der Waals surface area contributed by atoms with E-state index in [1.54, 1.807) is 4.68 Å². The summed E-state index contributed by atoms with van der Waals surface area (Å²) in [5.74, 6) is 0.193. The number of anilines is 1. The van der Waals surface area contributed by atoms with Gasteiger partial charge in [0.2, 0.25) is 5.95 Å². The number of carbonyl (C=O) groups is 1. The van der Waals surface area contributed by atoms with E-state index in [2.05, 4.69) is 27.8 Å². The zero-order chi connectivity index (χ0) is 17.8. The van der Waals surface area contributed by atoms with Crippen LogP contribution in [0.3, 0.4) is 0 Å². The number of allylic oxidation sites excluding steroid dienone is 1. The van der Waals surface area contributed by atoms with E-state index in [1.165, 1.54) is 0 Å². The van der Waals surface area contributed by atoms with E-state index in [-0.39, 0.29) is 5.97 Å². The molecule has 132 valence electrons. The molecule has 1 aliphatic rings. The summed E-state index contributed by atoms with van der Waals surface area (Å²) in [6, 6.07) is 7.62. The average molecular weight is 341 g/mol. The highest BCUT2D eigenvalue weighted by molar-refractivity contribution is 5.92. The van der Waals surface area contributed by atoms with Gasteiger partial charge in [-0.25, -0.2) is 4.79 Å². The fourth-order valence-electron chi connectivity index (χ4n) is 2.93. The van der Waals surface area contributed by atoms with E-state index in [9.17, 15) is 4.79 Å². The quantitative estimate of drug-likeness (QED) is 0.642. The van der Waals surface area contributed by atoms with Crippen LogP contribution in [-0.4, -0.2) is 32.8 Å². The van der Waals surface area contributed by atoms with Gasteiger partial charge < -0.3 is 10.1 Å². The molecule has 2 aromatic rings. The molecule has 1 aromatic carbocycles. The summed E-state index contributed by atoms with van der Waals surface area (Å²) in [7, 11) is 0. The standard InChI is InChI=1S/C18H23N5O2/c1-4-5-6-11-25-17(24)15-13(3)19-18-20-21-22-23(18)16(15)14-9-7-12(2)8-10-14/h7-10,16H,4-6,11H2,1-3H3,(H,19,20,22). The van der Waals surface area contributed by atoms with Crippen LogP contribution in [0.2, 0.25) is 0 Å². The number of tetrazole rings is 1. The third kappa shape index (κ3) is 3.55. The molecule has 0 fully saturated rings. The third-order valence-electron chi connectivity index (χ3n) is 4.31. The van der Waals surface area contributed by atoms with E-state index in [0.717, 1.165) is 30.4 Å². The number of nitrogens with one attached hydrogen (secondary N) is 1. The first-order chi connectivity index (χ1) is 12.1. The molecule has 1 aromatic heterocycles. The first kappa shape index (κ1) is 17.1. The second-order valence-electron chi connectivity index (χ2n) is 6.27. The fourth-order valence-corrected chi connectivity index (χ4v) is 2.93. The van der Waals surface area contributed by atoms with Crippen LogP contribution in [0.5, 0.6) is 0 Å². The zero-order valence-electron chi connectivity index (χ0n) is 14.8. The molecule has 1 atom stereocenters. The van der Waals surface area contributed by atoms with Crippen molar-refractivity contribution in [3.63, 3.8) is 0 Å². The first-order valence-electron chi connectivity index (χ1n) is 8.61. The van der Waals surface area contributed by atoms with Gasteiger partial charge in [-0.1, -0.05) is 54.7 Å². The normalized spacial score (nSPS) is 16.4. The van der Waals surface area contributed by atoms with Crippen LogP contribution in [0.25, 0.3) is 0 Å². The number of nitrogens with zero attached hydrogens (tertiary/aromatic N) is 4. The van der Waals surface area contributed by atoms with Crippen LogP contribution in [0.1, 0.15) is 50.3 Å². The molecule has 0 amide bonds. The van der Waals surface area contributed by atoms with Crippen LogP contribution < -0.4 is 5.32 Å². The molecule has 7 heteroatoms. The monoisotopic (exact) mass is 341 g/mol. The molecule has 0 spiro atoms. The number of ether oxygens (including phenoxy) is 1. The molecular formula is C18H23N5O2. The highest BCUT2D eigenvalue weighted by Crippen LogP contribution is 2.34. The summed E-state index contributed by atoms with van der Waals surface area (Å²) in [4.78, 5) is 12.8. The van der Waals surface area contributed by atoms with Gasteiger partial charge in [-0.15, -0.1) is 0 Å². The lowest BCUT2D eigenvalue weighted by Gasteiger charge is -2.27. The van der Waals surface area contributed by atoms with Crippen LogP contribution in [0.15, 0.2) is 35.5 Å². The maximum Gasteiger partial charge on any atom is 0.338 e. The summed E-state index contributed by atoms with van der Waals surface area (Å²) in [5, 5.41) is 14.9. The van der Waals surface area contributed by atoms with Crippen LogP contribution in [-0.2, 0) is 9.53 Å². The Balaban J connectivity index is 1.92. The Hall–Kier alpha value is -2.70. The Labute approximate surface area is 147 Å². The van der Waals surface area contributed by atoms with Gasteiger partial charge in [0.15, 0.2) is 0 Å². The molecule has 0 saturated heterocycles. The number of carbonyl (C=O) groups excluding carboxylic acids is 1. The molecule has 7 nitrogen and oxygen atoms in total. The Bertz CT molecular complexity index is 779. The molecule has 25 heavy (non-hydrogen) atoms. The molecule has 0 bridgehead atoms. The maximum absolute atomic E-state index is 12.8. The van der Waals surface area contributed by atoms with Gasteiger partial charge in [0.25, 0.3) is 0 Å². The number of rotatable bonds is 6. The van der Waals surface area contributed by atoms with E-state index >= 15 is 0 Å². The van der Waals surface area contributed by atoms with Crippen molar-refractivity contribution in [3.05, 3.63) is 46.7 Å². The number of fused-ring (bicyclic) bond motifs is 1. The molecule has 1 unspecified atom stereocenters. The van der Waals surface area contributed by atoms with Gasteiger partial charge in [-0.05, 0) is 36.3 Å². The van der Waals surface area contributed by atoms with E-state index in [4.69, 9.17) is 4.74 Å². The fraction of sp³-hybridized carbons (Fsp3) is 0.444. The first-order valence-corrected chi connectivity index (χ1v) is 8.61. The predicted octanol–water partition coefficient (Wildman–Crippen LogP) is 3.00. The van der Waals surface area contributed by atoms with Crippen molar-refractivity contribution >= 4 is 11.9 Å². The number of hydrogen-bond donors (Lipinski definition) is 1. The number of unbranched alkanes of at least 4 members (excludes halogenated alkanes) is 2. The minimum absolute atomic E-state index is 0.326. The third-order valence-corrected chi connectivity index (χ3v) is 4.31. The average Bonchev–Trinajstić information content (AvgIpc) is 3.06. The lowest BCUT2D eigenvalue weighted by Crippen LogP contribution is -2.29. The Morgan fingerprint density at radius 1 is 1.24 bits per heavy atom. The Morgan fingerprint density at radius 2 is 2.00 bits per heavy atom. The van der Waals surface area contributed by atoms with E-state index in [0.29, 0.717) is 23.8 Å². The van der Waals surface area contributed by atoms with Crippen LogP contribution >= 0.6 is 0 Å². The number of aryl methyl sites for hydroxylation is 1. The Morgan fingerprint density at radius 3 is 2.72 bits per heavy atom. The molecule has 2 heterocycles. The van der Waals surface area contributed by atoms with Crippen molar-refractivity contribution in [2.75, 3.05) is 11.9 Å². The molecule has 1 aliphatic heterocycles. The topological polar surface area (TPSA) is 81.9 Å². The molecular weight excluding hydrogens is 318 g/mol. The van der Waals surface area contributed by atoms with Crippen LogP contribution in [0, 0.1) is 6.92 Å². The summed E-state index contributed by atoms with van der Waals surface area (Å²) in [6.45, 7) is 6.42. The summed E-state index contributed by atoms with van der Waals surface area (Å²) in [6.07, 6.45) is 3.00. The van der Waals surface area contributed by atoms with Crippen molar-refractivity contribution in [2.24, 2.45) is 0 Å². The SMILES string of the molecule is CCCCCOC(=O)C1=C(C)Nc2nnnn2C1c1ccc(C)cc1. The smallest absolute Gasteiger partial charge is 0.338 e.